The Balaban J connectivity index is 1.76. The number of carbonyl (C=O) groups is 1. The van der Waals surface area contributed by atoms with E-state index in [0.29, 0.717) is 37.6 Å². The highest BCUT2D eigenvalue weighted by atomic mass is 19.1. The van der Waals surface area contributed by atoms with Crippen LogP contribution in [0.3, 0.4) is 0 Å². The molecule has 136 valence electrons. The normalized spacial score (nSPS) is 14.8. The number of carbonyl (C=O) groups excluding carboxylic acids is 1. The van der Waals surface area contributed by atoms with Gasteiger partial charge < -0.3 is 14.7 Å². The van der Waals surface area contributed by atoms with E-state index < -0.39 is 5.82 Å². The summed E-state index contributed by atoms with van der Waals surface area (Å²) in [6, 6.07) is 8.18. The zero-order chi connectivity index (χ0) is 18.7. The Morgan fingerprint density at radius 3 is 2.42 bits per heavy atom. The van der Waals surface area contributed by atoms with E-state index in [1.807, 2.05) is 4.90 Å². The summed E-state index contributed by atoms with van der Waals surface area (Å²) >= 11 is 0. The van der Waals surface area contributed by atoms with Gasteiger partial charge in [0.25, 0.3) is 0 Å². The number of ketones is 1. The molecule has 0 spiro atoms. The van der Waals surface area contributed by atoms with Crippen molar-refractivity contribution >= 4 is 17.5 Å². The van der Waals surface area contributed by atoms with Crippen molar-refractivity contribution in [1.82, 2.24) is 0 Å². The maximum atomic E-state index is 14.4. The number of ether oxygens (including phenoxy) is 1. The first kappa shape index (κ1) is 18.1. The summed E-state index contributed by atoms with van der Waals surface area (Å²) in [5, 5.41) is 9.81. The van der Waals surface area contributed by atoms with Crippen molar-refractivity contribution in [2.45, 2.75) is 13.8 Å². The summed E-state index contributed by atoms with van der Waals surface area (Å²) in [5.41, 5.74) is 3.12. The van der Waals surface area contributed by atoms with Gasteiger partial charge in [0.05, 0.1) is 18.9 Å². The predicted octanol–water partition coefficient (Wildman–Crippen LogP) is 3.88. The molecule has 0 saturated carbocycles. The van der Waals surface area contributed by atoms with Crippen LogP contribution in [0.4, 0.5) is 10.1 Å². The van der Waals surface area contributed by atoms with Gasteiger partial charge in [0.1, 0.15) is 11.6 Å². The minimum absolute atomic E-state index is 0.259. The van der Waals surface area contributed by atoms with Crippen LogP contribution in [-0.2, 0) is 4.74 Å². The van der Waals surface area contributed by atoms with Crippen LogP contribution < -0.4 is 4.90 Å². The first-order chi connectivity index (χ1) is 12.5. The van der Waals surface area contributed by atoms with E-state index in [4.69, 9.17) is 4.74 Å². The van der Waals surface area contributed by atoms with Gasteiger partial charge in [-0.15, -0.1) is 0 Å². The predicted molar refractivity (Wildman–Crippen MR) is 100 cm³/mol. The smallest absolute Gasteiger partial charge is 0.185 e. The highest BCUT2D eigenvalue weighted by molar-refractivity contribution is 6.07. The number of morpholine rings is 1. The van der Waals surface area contributed by atoms with Crippen molar-refractivity contribution in [3.8, 4) is 5.75 Å². The minimum Gasteiger partial charge on any atom is -0.507 e. The molecule has 5 heteroatoms. The average molecular weight is 355 g/mol. The van der Waals surface area contributed by atoms with Gasteiger partial charge in [-0.3, -0.25) is 4.79 Å². The molecule has 0 aliphatic carbocycles. The first-order valence-electron chi connectivity index (χ1n) is 8.60. The molecule has 0 atom stereocenters. The van der Waals surface area contributed by atoms with Crippen LogP contribution >= 0.6 is 0 Å². The Kier molecular flexibility index (Phi) is 5.38. The average Bonchev–Trinajstić information content (AvgIpc) is 2.64. The fourth-order valence-electron chi connectivity index (χ4n) is 3.07. The fourth-order valence-corrected chi connectivity index (χ4v) is 3.07. The Hall–Kier alpha value is -2.66. The van der Waals surface area contributed by atoms with Crippen LogP contribution in [0.5, 0.6) is 5.75 Å². The van der Waals surface area contributed by atoms with Crippen molar-refractivity contribution in [2.24, 2.45) is 0 Å². The Bertz CT molecular complexity index is 831. The van der Waals surface area contributed by atoms with Gasteiger partial charge in [-0.2, -0.15) is 0 Å². The number of allylic oxidation sites excluding steroid dienone is 1. The summed E-state index contributed by atoms with van der Waals surface area (Å²) in [5.74, 6) is -0.405. The molecule has 1 fully saturated rings. The lowest BCUT2D eigenvalue weighted by Gasteiger charge is -2.29. The highest BCUT2D eigenvalue weighted by Gasteiger charge is 2.16. The topological polar surface area (TPSA) is 49.8 Å². The molecule has 1 aliphatic heterocycles. The Labute approximate surface area is 152 Å². The van der Waals surface area contributed by atoms with E-state index in [1.165, 1.54) is 12.1 Å². The third kappa shape index (κ3) is 3.94. The van der Waals surface area contributed by atoms with Crippen LogP contribution in [0, 0.1) is 19.7 Å². The quantitative estimate of drug-likeness (QED) is 0.668. The van der Waals surface area contributed by atoms with Crippen molar-refractivity contribution < 1.29 is 19.0 Å². The van der Waals surface area contributed by atoms with Gasteiger partial charge in [-0.1, -0.05) is 6.08 Å². The zero-order valence-electron chi connectivity index (χ0n) is 15.0. The second kappa shape index (κ2) is 7.70. The van der Waals surface area contributed by atoms with Crippen LogP contribution in [-0.4, -0.2) is 37.2 Å². The molecule has 26 heavy (non-hydrogen) atoms. The second-order valence-corrected chi connectivity index (χ2v) is 6.47. The second-order valence-electron chi connectivity index (χ2n) is 6.47. The Morgan fingerprint density at radius 1 is 1.15 bits per heavy atom. The molecule has 0 unspecified atom stereocenters. The molecule has 3 rings (SSSR count). The van der Waals surface area contributed by atoms with Gasteiger partial charge in [0, 0.05) is 18.7 Å². The van der Waals surface area contributed by atoms with Crippen molar-refractivity contribution in [2.75, 3.05) is 31.2 Å². The lowest BCUT2D eigenvalue weighted by molar-refractivity contribution is 0.104. The fraction of sp³-hybridized carbons (Fsp3) is 0.286. The summed E-state index contributed by atoms with van der Waals surface area (Å²) in [6.45, 7) is 6.05. The maximum Gasteiger partial charge on any atom is 0.185 e. The number of anilines is 1. The van der Waals surface area contributed by atoms with Crippen LogP contribution in [0.2, 0.25) is 0 Å². The van der Waals surface area contributed by atoms with Crippen molar-refractivity contribution in [3.63, 3.8) is 0 Å². The molecule has 0 aromatic heterocycles. The van der Waals surface area contributed by atoms with Gasteiger partial charge in [0.2, 0.25) is 0 Å². The number of hydrogen-bond donors (Lipinski definition) is 1. The molecule has 2 aromatic carbocycles. The van der Waals surface area contributed by atoms with E-state index >= 15 is 0 Å². The summed E-state index contributed by atoms with van der Waals surface area (Å²) in [4.78, 5) is 14.3. The number of rotatable bonds is 4. The van der Waals surface area contributed by atoms with Crippen LogP contribution in [0.25, 0.3) is 6.08 Å². The van der Waals surface area contributed by atoms with Crippen LogP contribution in [0.1, 0.15) is 27.0 Å². The lowest BCUT2D eigenvalue weighted by Crippen LogP contribution is -2.36. The molecule has 2 aromatic rings. The molecule has 0 amide bonds. The number of aryl methyl sites for hydroxylation is 2. The molecule has 4 nitrogen and oxygen atoms in total. The molecule has 1 N–H and O–H groups in total. The largest absolute Gasteiger partial charge is 0.507 e. The van der Waals surface area contributed by atoms with E-state index in [1.54, 1.807) is 44.2 Å². The van der Waals surface area contributed by atoms with Gasteiger partial charge in [-0.25, -0.2) is 4.39 Å². The van der Waals surface area contributed by atoms with E-state index in [-0.39, 0.29) is 11.5 Å². The number of hydrogen-bond acceptors (Lipinski definition) is 4. The van der Waals surface area contributed by atoms with Crippen LogP contribution in [0.15, 0.2) is 36.4 Å². The van der Waals surface area contributed by atoms with Crippen molar-refractivity contribution in [3.05, 3.63) is 64.5 Å². The number of phenolic OH excluding ortho intramolecular Hbond substituents is 1. The van der Waals surface area contributed by atoms with E-state index in [9.17, 15) is 14.3 Å². The maximum absolute atomic E-state index is 14.4. The molecular weight excluding hydrogens is 333 g/mol. The summed E-state index contributed by atoms with van der Waals surface area (Å²) < 4.78 is 19.7. The minimum atomic E-state index is -0.400. The van der Waals surface area contributed by atoms with E-state index in [2.05, 4.69) is 0 Å². The number of nitrogens with zero attached hydrogens (tertiary/aromatic N) is 1. The monoisotopic (exact) mass is 355 g/mol. The summed E-state index contributed by atoms with van der Waals surface area (Å²) in [6.07, 6.45) is 3.10. The molecule has 0 radical (unpaired) electrons. The standard InChI is InChI=1S/C21H22FNO3/c1-14-11-16(12-15(2)21(14)25)3-6-20(24)17-4-5-19(18(22)13-17)23-7-9-26-10-8-23/h3-6,11-13,25H,7-10H2,1-2H3/b6-3+. The molecule has 0 bridgehead atoms. The lowest BCUT2D eigenvalue weighted by atomic mass is 10.0. The summed E-state index contributed by atoms with van der Waals surface area (Å²) in [7, 11) is 0. The SMILES string of the molecule is Cc1cc(/C=C/C(=O)c2ccc(N3CCOCC3)c(F)c2)cc(C)c1O. The van der Waals surface area contributed by atoms with E-state index in [0.717, 1.165) is 16.7 Å². The number of phenols is 1. The molecule has 1 saturated heterocycles. The molecular formula is C21H22FNO3. The number of aromatic hydroxyl groups is 1. The molecule has 1 heterocycles. The third-order valence-electron chi connectivity index (χ3n) is 4.52. The highest BCUT2D eigenvalue weighted by Crippen LogP contribution is 2.24. The number of benzene rings is 2. The molecule has 1 aliphatic rings. The van der Waals surface area contributed by atoms with Gasteiger partial charge in [0.15, 0.2) is 5.78 Å². The third-order valence-corrected chi connectivity index (χ3v) is 4.52. The Morgan fingerprint density at radius 2 is 1.81 bits per heavy atom. The van der Waals surface area contributed by atoms with Gasteiger partial charge >= 0.3 is 0 Å². The van der Waals surface area contributed by atoms with Crippen molar-refractivity contribution in [1.29, 1.82) is 0 Å². The number of halogens is 1. The first-order valence-corrected chi connectivity index (χ1v) is 8.60. The van der Waals surface area contributed by atoms with Gasteiger partial charge in [-0.05, 0) is 66.9 Å². The zero-order valence-corrected chi connectivity index (χ0v) is 15.0.